The molecular formula is C24H32BrN3O5S. The Balaban J connectivity index is 2.39. The van der Waals surface area contributed by atoms with Gasteiger partial charge in [0.05, 0.1) is 19.1 Å². The van der Waals surface area contributed by atoms with Crippen molar-refractivity contribution in [3.63, 3.8) is 0 Å². The van der Waals surface area contributed by atoms with Gasteiger partial charge in [0.15, 0.2) is 0 Å². The molecule has 10 heteroatoms. The molecule has 0 unspecified atom stereocenters. The molecule has 2 aromatic rings. The number of para-hydroxylation sites is 2. The molecule has 0 aromatic heterocycles. The summed E-state index contributed by atoms with van der Waals surface area (Å²) >= 11 is 3.39. The summed E-state index contributed by atoms with van der Waals surface area (Å²) in [6.07, 6.45) is 1.03. The Morgan fingerprint density at radius 3 is 2.24 bits per heavy atom. The van der Waals surface area contributed by atoms with Crippen molar-refractivity contribution in [2.24, 2.45) is 5.92 Å². The molecule has 186 valence electrons. The van der Waals surface area contributed by atoms with Crippen LogP contribution in [-0.4, -0.2) is 57.6 Å². The van der Waals surface area contributed by atoms with Gasteiger partial charge in [0.2, 0.25) is 21.8 Å². The van der Waals surface area contributed by atoms with Gasteiger partial charge < -0.3 is 15.0 Å². The molecule has 2 aromatic carbocycles. The Labute approximate surface area is 210 Å². The van der Waals surface area contributed by atoms with Crippen molar-refractivity contribution in [3.05, 3.63) is 58.6 Å². The molecule has 0 saturated carbocycles. The van der Waals surface area contributed by atoms with Crippen molar-refractivity contribution in [1.29, 1.82) is 0 Å². The van der Waals surface area contributed by atoms with Gasteiger partial charge in [-0.15, -0.1) is 0 Å². The number of amides is 2. The Morgan fingerprint density at radius 2 is 1.68 bits per heavy atom. The number of hydrogen-bond acceptors (Lipinski definition) is 5. The van der Waals surface area contributed by atoms with E-state index < -0.39 is 28.5 Å². The van der Waals surface area contributed by atoms with Crippen molar-refractivity contribution in [2.45, 2.75) is 33.4 Å². The van der Waals surface area contributed by atoms with Crippen molar-refractivity contribution in [2.75, 3.05) is 30.8 Å². The minimum Gasteiger partial charge on any atom is -0.495 e. The van der Waals surface area contributed by atoms with Gasteiger partial charge in [-0.2, -0.15) is 0 Å². The summed E-state index contributed by atoms with van der Waals surface area (Å²) in [5.41, 5.74) is 1.06. The van der Waals surface area contributed by atoms with Crippen LogP contribution in [0.4, 0.5) is 5.69 Å². The lowest BCUT2D eigenvalue weighted by atomic mass is 10.1. The van der Waals surface area contributed by atoms with E-state index in [1.54, 1.807) is 31.2 Å². The molecule has 2 amide bonds. The first-order valence-corrected chi connectivity index (χ1v) is 13.5. The second kappa shape index (κ2) is 12.2. The van der Waals surface area contributed by atoms with E-state index in [-0.39, 0.29) is 24.1 Å². The smallest absolute Gasteiger partial charge is 0.244 e. The van der Waals surface area contributed by atoms with Crippen LogP contribution < -0.4 is 14.4 Å². The summed E-state index contributed by atoms with van der Waals surface area (Å²) in [6.45, 7) is 5.74. The Bertz CT molecular complexity index is 1090. The molecule has 1 atom stereocenters. The SMILES string of the molecule is COc1ccccc1N(CC(=O)N(Cc1ccc(Br)cc1)[C@@H](C)C(=O)NCC(C)C)S(C)(=O)=O. The largest absolute Gasteiger partial charge is 0.495 e. The molecule has 0 aliphatic heterocycles. The number of methoxy groups -OCH3 is 1. The van der Waals surface area contributed by atoms with E-state index in [2.05, 4.69) is 21.2 Å². The maximum absolute atomic E-state index is 13.5. The van der Waals surface area contributed by atoms with E-state index in [9.17, 15) is 18.0 Å². The van der Waals surface area contributed by atoms with Crippen LogP contribution in [0.3, 0.4) is 0 Å². The van der Waals surface area contributed by atoms with E-state index in [4.69, 9.17) is 4.74 Å². The molecular weight excluding hydrogens is 522 g/mol. The number of rotatable bonds is 11. The van der Waals surface area contributed by atoms with Crippen LogP contribution in [-0.2, 0) is 26.2 Å². The maximum Gasteiger partial charge on any atom is 0.244 e. The number of benzene rings is 2. The number of carbonyl (C=O) groups excluding carboxylic acids is 2. The van der Waals surface area contributed by atoms with E-state index in [1.807, 2.05) is 38.1 Å². The number of nitrogens with zero attached hydrogens (tertiary/aromatic N) is 2. The monoisotopic (exact) mass is 553 g/mol. The number of sulfonamides is 1. The molecule has 2 rings (SSSR count). The molecule has 0 aliphatic rings. The minimum absolute atomic E-state index is 0.145. The summed E-state index contributed by atoms with van der Waals surface area (Å²) in [6, 6.07) is 13.2. The molecule has 34 heavy (non-hydrogen) atoms. The zero-order valence-electron chi connectivity index (χ0n) is 20.1. The third-order valence-corrected chi connectivity index (χ3v) is 6.81. The van der Waals surface area contributed by atoms with E-state index in [0.29, 0.717) is 12.3 Å². The number of halogens is 1. The van der Waals surface area contributed by atoms with Gasteiger partial charge in [-0.25, -0.2) is 8.42 Å². The molecule has 0 heterocycles. The predicted octanol–water partition coefficient (Wildman–Crippen LogP) is 3.41. The van der Waals surface area contributed by atoms with Crippen LogP contribution in [0.5, 0.6) is 5.75 Å². The lowest BCUT2D eigenvalue weighted by molar-refractivity contribution is -0.139. The summed E-state index contributed by atoms with van der Waals surface area (Å²) in [7, 11) is -2.39. The van der Waals surface area contributed by atoms with Gasteiger partial charge in [0, 0.05) is 17.6 Å². The van der Waals surface area contributed by atoms with Gasteiger partial charge in [0.25, 0.3) is 0 Å². The molecule has 1 N–H and O–H groups in total. The van der Waals surface area contributed by atoms with Crippen LogP contribution >= 0.6 is 15.9 Å². The number of nitrogens with one attached hydrogen (secondary N) is 1. The molecule has 0 aliphatic carbocycles. The Kier molecular flexibility index (Phi) is 9.93. The predicted molar refractivity (Wildman–Crippen MR) is 137 cm³/mol. The first-order chi connectivity index (χ1) is 15.9. The van der Waals surface area contributed by atoms with Gasteiger partial charge in [-0.05, 0) is 42.7 Å². The van der Waals surface area contributed by atoms with Crippen LogP contribution in [0.1, 0.15) is 26.3 Å². The van der Waals surface area contributed by atoms with Crippen LogP contribution in [0.2, 0.25) is 0 Å². The lowest BCUT2D eigenvalue weighted by Crippen LogP contribution is -2.51. The first-order valence-electron chi connectivity index (χ1n) is 10.9. The number of carbonyl (C=O) groups is 2. The Morgan fingerprint density at radius 1 is 1.06 bits per heavy atom. The van der Waals surface area contributed by atoms with Crippen LogP contribution in [0.15, 0.2) is 53.0 Å². The highest BCUT2D eigenvalue weighted by Crippen LogP contribution is 2.29. The average molecular weight is 555 g/mol. The van der Waals surface area contributed by atoms with Gasteiger partial charge in [-0.3, -0.25) is 13.9 Å². The van der Waals surface area contributed by atoms with E-state index in [0.717, 1.165) is 20.6 Å². The van der Waals surface area contributed by atoms with E-state index >= 15 is 0 Å². The van der Waals surface area contributed by atoms with E-state index in [1.165, 1.54) is 12.0 Å². The first kappa shape index (κ1) is 27.7. The van der Waals surface area contributed by atoms with Crippen LogP contribution in [0, 0.1) is 5.92 Å². The molecule has 0 spiro atoms. The highest BCUT2D eigenvalue weighted by atomic mass is 79.9. The maximum atomic E-state index is 13.5. The summed E-state index contributed by atoms with van der Waals surface area (Å²) in [5, 5.41) is 2.85. The fourth-order valence-corrected chi connectivity index (χ4v) is 4.37. The lowest BCUT2D eigenvalue weighted by Gasteiger charge is -2.32. The second-order valence-electron chi connectivity index (χ2n) is 8.40. The second-order valence-corrected chi connectivity index (χ2v) is 11.2. The summed E-state index contributed by atoms with van der Waals surface area (Å²) in [4.78, 5) is 27.7. The third kappa shape index (κ3) is 7.73. The van der Waals surface area contributed by atoms with Crippen molar-refractivity contribution in [1.82, 2.24) is 10.2 Å². The van der Waals surface area contributed by atoms with Gasteiger partial charge >= 0.3 is 0 Å². The molecule has 0 radical (unpaired) electrons. The molecule has 0 fully saturated rings. The third-order valence-electron chi connectivity index (χ3n) is 5.15. The molecule has 8 nitrogen and oxygen atoms in total. The van der Waals surface area contributed by atoms with Crippen molar-refractivity contribution >= 4 is 43.5 Å². The zero-order valence-corrected chi connectivity index (χ0v) is 22.5. The van der Waals surface area contributed by atoms with Crippen molar-refractivity contribution < 1.29 is 22.7 Å². The quantitative estimate of drug-likeness (QED) is 0.460. The molecule has 0 bridgehead atoms. The minimum atomic E-state index is -3.83. The number of ether oxygens (including phenoxy) is 1. The highest BCUT2D eigenvalue weighted by Gasteiger charge is 2.31. The fraction of sp³-hybridized carbons (Fsp3) is 0.417. The summed E-state index contributed by atoms with van der Waals surface area (Å²) < 4.78 is 32.5. The van der Waals surface area contributed by atoms with Crippen molar-refractivity contribution in [3.8, 4) is 5.75 Å². The fourth-order valence-electron chi connectivity index (χ4n) is 3.25. The zero-order chi connectivity index (χ0) is 25.5. The number of anilines is 1. The average Bonchev–Trinajstić information content (AvgIpc) is 2.79. The highest BCUT2D eigenvalue weighted by molar-refractivity contribution is 9.10. The normalized spacial score (nSPS) is 12.2. The van der Waals surface area contributed by atoms with Crippen LogP contribution in [0.25, 0.3) is 0 Å². The van der Waals surface area contributed by atoms with Gasteiger partial charge in [-0.1, -0.05) is 54.0 Å². The Hall–Kier alpha value is -2.59. The standard InChI is InChI=1S/C24H32BrN3O5S/c1-17(2)14-26-24(30)18(3)27(15-19-10-12-20(25)13-11-19)23(29)16-28(34(5,31)32)21-8-6-7-9-22(21)33-4/h6-13,17-18H,14-16H2,1-5H3,(H,26,30)/t18-/m0/s1. The van der Waals surface area contributed by atoms with Gasteiger partial charge in [0.1, 0.15) is 18.3 Å². The number of hydrogen-bond donors (Lipinski definition) is 1. The summed E-state index contributed by atoms with van der Waals surface area (Å²) in [5.74, 6) is -0.241. The topological polar surface area (TPSA) is 96.0 Å². The molecule has 0 saturated heterocycles.